The number of imidazole rings is 1. The van der Waals surface area contributed by atoms with Gasteiger partial charge in [0.05, 0.1) is 17.2 Å². The number of H-pyrrole nitrogens is 1. The van der Waals surface area contributed by atoms with Crippen molar-refractivity contribution < 1.29 is 4.39 Å². The SMILES string of the molecule is NCCc1ccc(-n2cnc3cnc4cc(F)c(-c5ccc6[nH]ccc6c5)cc4c32)cc1. The van der Waals surface area contributed by atoms with Gasteiger partial charge in [-0.05, 0) is 65.9 Å². The number of pyridine rings is 1. The first kappa shape index (κ1) is 18.7. The minimum Gasteiger partial charge on any atom is -0.361 e. The number of rotatable bonds is 4. The van der Waals surface area contributed by atoms with E-state index in [1.54, 1.807) is 12.5 Å². The van der Waals surface area contributed by atoms with Crippen molar-refractivity contribution in [3.8, 4) is 16.8 Å². The highest BCUT2D eigenvalue weighted by molar-refractivity contribution is 6.04. The van der Waals surface area contributed by atoms with Gasteiger partial charge in [0.25, 0.3) is 0 Å². The molecule has 6 heteroatoms. The fourth-order valence-corrected chi connectivity index (χ4v) is 4.34. The van der Waals surface area contributed by atoms with Gasteiger partial charge in [-0.1, -0.05) is 18.2 Å². The molecule has 0 aliphatic heterocycles. The van der Waals surface area contributed by atoms with Crippen molar-refractivity contribution in [2.45, 2.75) is 6.42 Å². The molecule has 32 heavy (non-hydrogen) atoms. The van der Waals surface area contributed by atoms with Crippen LogP contribution < -0.4 is 5.73 Å². The third-order valence-electron chi connectivity index (χ3n) is 5.97. The van der Waals surface area contributed by atoms with Gasteiger partial charge < -0.3 is 10.7 Å². The van der Waals surface area contributed by atoms with E-state index in [9.17, 15) is 0 Å². The second kappa shape index (κ2) is 7.28. The number of nitrogens with one attached hydrogen (secondary N) is 1. The molecule has 0 aliphatic carbocycles. The summed E-state index contributed by atoms with van der Waals surface area (Å²) in [5, 5.41) is 1.90. The highest BCUT2D eigenvalue weighted by Gasteiger charge is 2.15. The average molecular weight is 421 g/mol. The van der Waals surface area contributed by atoms with E-state index in [2.05, 4.69) is 39.2 Å². The van der Waals surface area contributed by atoms with Crippen LogP contribution in [0.2, 0.25) is 0 Å². The second-order valence-corrected chi connectivity index (χ2v) is 7.94. The van der Waals surface area contributed by atoms with E-state index in [1.807, 2.05) is 41.1 Å². The quantitative estimate of drug-likeness (QED) is 0.402. The molecule has 3 heterocycles. The summed E-state index contributed by atoms with van der Waals surface area (Å²) >= 11 is 0. The Hall–Kier alpha value is -4.03. The zero-order chi connectivity index (χ0) is 21.7. The van der Waals surface area contributed by atoms with Crippen LogP contribution in [0, 0.1) is 5.82 Å². The van der Waals surface area contributed by atoms with E-state index in [4.69, 9.17) is 5.73 Å². The van der Waals surface area contributed by atoms with Crippen LogP contribution in [0.15, 0.2) is 79.4 Å². The first-order chi connectivity index (χ1) is 15.7. The van der Waals surface area contributed by atoms with Crippen LogP contribution in [-0.2, 0) is 6.42 Å². The van der Waals surface area contributed by atoms with Gasteiger partial charge in [0, 0.05) is 34.4 Å². The fourth-order valence-electron chi connectivity index (χ4n) is 4.34. The first-order valence-corrected chi connectivity index (χ1v) is 10.5. The van der Waals surface area contributed by atoms with E-state index < -0.39 is 0 Å². The second-order valence-electron chi connectivity index (χ2n) is 7.94. The molecule has 3 N–H and O–H groups in total. The van der Waals surface area contributed by atoms with Crippen molar-refractivity contribution in [3.63, 3.8) is 0 Å². The van der Waals surface area contributed by atoms with Crippen LogP contribution in [0.3, 0.4) is 0 Å². The Bertz CT molecular complexity index is 1590. The van der Waals surface area contributed by atoms with E-state index in [1.165, 1.54) is 11.6 Å². The van der Waals surface area contributed by atoms with Crippen LogP contribution in [0.5, 0.6) is 0 Å². The third-order valence-corrected chi connectivity index (χ3v) is 5.97. The summed E-state index contributed by atoms with van der Waals surface area (Å²) in [4.78, 5) is 12.2. The zero-order valence-electron chi connectivity index (χ0n) is 17.2. The number of aromatic amines is 1. The molecular weight excluding hydrogens is 401 g/mol. The first-order valence-electron chi connectivity index (χ1n) is 10.5. The van der Waals surface area contributed by atoms with Crippen molar-refractivity contribution in [1.29, 1.82) is 0 Å². The standard InChI is InChI=1S/C26H20FN5/c27-22-13-24-21(12-20(22)17-3-6-23-18(11-17)8-10-29-23)26-25(14-30-24)31-15-32(26)19-4-1-16(2-5-19)7-9-28/h1-6,8,10-15,29H,7,9,28H2. The summed E-state index contributed by atoms with van der Waals surface area (Å²) in [6.45, 7) is 0.618. The predicted molar refractivity (Wildman–Crippen MR) is 126 cm³/mol. The molecule has 0 unspecified atom stereocenters. The van der Waals surface area contributed by atoms with E-state index in [0.717, 1.165) is 45.0 Å². The molecule has 0 fully saturated rings. The molecule has 156 valence electrons. The van der Waals surface area contributed by atoms with Crippen molar-refractivity contribution in [1.82, 2.24) is 19.5 Å². The summed E-state index contributed by atoms with van der Waals surface area (Å²) in [6.07, 6.45) is 6.21. The molecule has 0 aliphatic rings. The van der Waals surface area contributed by atoms with E-state index in [-0.39, 0.29) is 5.82 Å². The Morgan fingerprint density at radius 1 is 0.938 bits per heavy atom. The van der Waals surface area contributed by atoms with Crippen molar-refractivity contribution in [2.24, 2.45) is 5.73 Å². The summed E-state index contributed by atoms with van der Waals surface area (Å²) in [5.41, 5.74) is 12.5. The number of hydrogen-bond acceptors (Lipinski definition) is 3. The van der Waals surface area contributed by atoms with Gasteiger partial charge in [0.2, 0.25) is 0 Å². The van der Waals surface area contributed by atoms with Gasteiger partial charge in [-0.2, -0.15) is 0 Å². The number of hydrogen-bond donors (Lipinski definition) is 2. The Morgan fingerprint density at radius 2 is 1.81 bits per heavy atom. The molecular formula is C26H20FN5. The number of nitrogens with zero attached hydrogens (tertiary/aromatic N) is 3. The molecule has 6 aromatic rings. The van der Waals surface area contributed by atoms with Crippen LogP contribution in [0.25, 0.3) is 49.7 Å². The lowest BCUT2D eigenvalue weighted by molar-refractivity contribution is 0.633. The molecule has 0 saturated carbocycles. The Labute approximate surface area is 183 Å². The smallest absolute Gasteiger partial charge is 0.133 e. The molecule has 0 radical (unpaired) electrons. The molecule has 0 spiro atoms. The Kier molecular flexibility index (Phi) is 4.26. The van der Waals surface area contributed by atoms with Gasteiger partial charge >= 0.3 is 0 Å². The van der Waals surface area contributed by atoms with Gasteiger partial charge in [0.15, 0.2) is 0 Å². The topological polar surface area (TPSA) is 72.5 Å². The predicted octanol–water partition coefficient (Wildman–Crippen LogP) is 5.36. The molecule has 0 saturated heterocycles. The Balaban J connectivity index is 1.57. The van der Waals surface area contributed by atoms with E-state index in [0.29, 0.717) is 17.6 Å². The maximum atomic E-state index is 15.1. The van der Waals surface area contributed by atoms with Gasteiger partial charge in [0.1, 0.15) is 17.7 Å². The van der Waals surface area contributed by atoms with Gasteiger partial charge in [-0.15, -0.1) is 0 Å². The van der Waals surface area contributed by atoms with Crippen molar-refractivity contribution >= 4 is 32.8 Å². The lowest BCUT2D eigenvalue weighted by atomic mass is 10.0. The molecule has 0 amide bonds. The van der Waals surface area contributed by atoms with Crippen molar-refractivity contribution in [3.05, 3.63) is 90.8 Å². The number of fused-ring (bicyclic) bond motifs is 4. The normalized spacial score (nSPS) is 11.7. The molecule has 6 rings (SSSR count). The Morgan fingerprint density at radius 3 is 2.66 bits per heavy atom. The molecule has 3 aromatic carbocycles. The lowest BCUT2D eigenvalue weighted by Crippen LogP contribution is -2.02. The number of aromatic nitrogens is 4. The minimum absolute atomic E-state index is 0.295. The average Bonchev–Trinajstić information content (AvgIpc) is 3.46. The minimum atomic E-state index is -0.295. The monoisotopic (exact) mass is 421 g/mol. The summed E-state index contributed by atoms with van der Waals surface area (Å²) in [7, 11) is 0. The molecule has 5 nitrogen and oxygen atoms in total. The number of benzene rings is 3. The maximum Gasteiger partial charge on any atom is 0.133 e. The van der Waals surface area contributed by atoms with Crippen LogP contribution >= 0.6 is 0 Å². The number of halogens is 1. The van der Waals surface area contributed by atoms with E-state index >= 15 is 4.39 Å². The summed E-state index contributed by atoms with van der Waals surface area (Å²) < 4.78 is 17.1. The zero-order valence-corrected chi connectivity index (χ0v) is 17.2. The van der Waals surface area contributed by atoms with Crippen molar-refractivity contribution in [2.75, 3.05) is 6.54 Å². The molecule has 0 bridgehead atoms. The molecule has 3 aromatic heterocycles. The number of nitrogens with two attached hydrogens (primary N) is 1. The third kappa shape index (κ3) is 2.96. The largest absolute Gasteiger partial charge is 0.361 e. The van der Waals surface area contributed by atoms with Gasteiger partial charge in [-0.25, -0.2) is 9.37 Å². The summed E-state index contributed by atoms with van der Waals surface area (Å²) in [5.74, 6) is -0.295. The highest BCUT2D eigenvalue weighted by atomic mass is 19.1. The maximum absolute atomic E-state index is 15.1. The van der Waals surface area contributed by atoms with Crippen LogP contribution in [0.1, 0.15) is 5.56 Å². The van der Waals surface area contributed by atoms with Crippen LogP contribution in [0.4, 0.5) is 4.39 Å². The van der Waals surface area contributed by atoms with Gasteiger partial charge in [-0.3, -0.25) is 9.55 Å². The highest BCUT2D eigenvalue weighted by Crippen LogP contribution is 2.33. The van der Waals surface area contributed by atoms with Crippen LogP contribution in [-0.4, -0.2) is 26.1 Å². The summed E-state index contributed by atoms with van der Waals surface area (Å²) in [6, 6.07) is 19.6. The lowest BCUT2D eigenvalue weighted by Gasteiger charge is -2.10. The fraction of sp³-hybridized carbons (Fsp3) is 0.0769. The molecule has 0 atom stereocenters.